The van der Waals surface area contributed by atoms with E-state index >= 15 is 0 Å². The van der Waals surface area contributed by atoms with Crippen molar-refractivity contribution in [2.75, 3.05) is 32.8 Å². The summed E-state index contributed by atoms with van der Waals surface area (Å²) >= 11 is 0. The maximum Gasteiger partial charge on any atom is 0.227 e. The first-order valence-electron chi connectivity index (χ1n) is 9.56. The average Bonchev–Trinajstić information content (AvgIpc) is 2.89. The number of carbonyl (C=O) groups is 1. The zero-order valence-corrected chi connectivity index (χ0v) is 15.9. The molecule has 0 radical (unpaired) electrons. The van der Waals surface area contributed by atoms with Crippen molar-refractivity contribution in [2.45, 2.75) is 39.3 Å². The Morgan fingerprint density at radius 3 is 2.85 bits per heavy atom. The summed E-state index contributed by atoms with van der Waals surface area (Å²) in [6.45, 7) is 7.70. The van der Waals surface area contributed by atoms with Crippen LogP contribution >= 0.6 is 0 Å². The molecule has 2 atom stereocenters. The van der Waals surface area contributed by atoms with Gasteiger partial charge in [0.25, 0.3) is 0 Å². The Kier molecular flexibility index (Phi) is 6.33. The quantitative estimate of drug-likeness (QED) is 0.761. The van der Waals surface area contributed by atoms with E-state index in [0.29, 0.717) is 18.6 Å². The van der Waals surface area contributed by atoms with Gasteiger partial charge in [0.1, 0.15) is 12.4 Å². The molecule has 0 unspecified atom stereocenters. The Morgan fingerprint density at radius 2 is 2.08 bits per heavy atom. The standard InChI is InChI=1S/C21H30N2O3/c1-16(2)9-10-23-19-8-7-18(21(23)25)14-22(15-19)13-17-5-3-4-6-20(17)26-12-11-24/h3-6,9,18-19,24H,7-8,10-15H2,1-2H3/t18-,19+/m0/s1. The zero-order valence-electron chi connectivity index (χ0n) is 15.9. The van der Waals surface area contributed by atoms with Crippen molar-refractivity contribution in [3.63, 3.8) is 0 Å². The molecule has 2 bridgehead atoms. The minimum atomic E-state index is 0.00994. The van der Waals surface area contributed by atoms with Crippen molar-refractivity contribution in [3.8, 4) is 5.75 Å². The smallest absolute Gasteiger partial charge is 0.227 e. The highest BCUT2D eigenvalue weighted by Gasteiger charge is 2.40. The Hall–Kier alpha value is -1.85. The van der Waals surface area contributed by atoms with Crippen molar-refractivity contribution in [1.82, 2.24) is 9.80 Å². The molecule has 5 nitrogen and oxygen atoms in total. The van der Waals surface area contributed by atoms with Crippen LogP contribution in [0.5, 0.6) is 5.75 Å². The first-order chi connectivity index (χ1) is 12.6. The molecule has 4 rings (SSSR count). The van der Waals surface area contributed by atoms with Crippen LogP contribution in [0.15, 0.2) is 35.9 Å². The molecule has 3 aliphatic rings. The molecule has 3 aliphatic heterocycles. The van der Waals surface area contributed by atoms with Gasteiger partial charge in [-0.05, 0) is 32.8 Å². The van der Waals surface area contributed by atoms with E-state index in [1.54, 1.807) is 0 Å². The van der Waals surface area contributed by atoms with Gasteiger partial charge < -0.3 is 14.7 Å². The fraction of sp³-hybridized carbons (Fsp3) is 0.571. The van der Waals surface area contributed by atoms with E-state index in [1.807, 2.05) is 18.2 Å². The number of aliphatic hydroxyl groups is 1. The normalized spacial score (nSPS) is 23.0. The second kappa shape index (κ2) is 8.69. The number of allylic oxidation sites excluding steroid dienone is 1. The van der Waals surface area contributed by atoms with Crippen LogP contribution in [0, 0.1) is 5.92 Å². The predicted octanol–water partition coefficient (Wildman–Crippen LogP) is 2.45. The highest BCUT2D eigenvalue weighted by molar-refractivity contribution is 5.80. The molecule has 1 aromatic rings. The molecule has 142 valence electrons. The van der Waals surface area contributed by atoms with Crippen molar-refractivity contribution in [3.05, 3.63) is 41.5 Å². The number of aliphatic hydroxyl groups excluding tert-OH is 1. The molecule has 3 heterocycles. The van der Waals surface area contributed by atoms with Crippen LogP contribution in [-0.4, -0.2) is 59.7 Å². The Bertz CT molecular complexity index is 654. The Labute approximate surface area is 156 Å². The summed E-state index contributed by atoms with van der Waals surface area (Å²) in [4.78, 5) is 17.3. The molecule has 3 fully saturated rings. The van der Waals surface area contributed by atoms with E-state index in [4.69, 9.17) is 9.84 Å². The van der Waals surface area contributed by atoms with E-state index in [9.17, 15) is 4.79 Å². The predicted molar refractivity (Wildman–Crippen MR) is 102 cm³/mol. The van der Waals surface area contributed by atoms with Crippen molar-refractivity contribution < 1.29 is 14.6 Å². The number of amides is 1. The number of para-hydroxylation sites is 1. The van der Waals surface area contributed by atoms with E-state index in [2.05, 4.69) is 35.8 Å². The number of nitrogens with zero attached hydrogens (tertiary/aromatic N) is 2. The number of rotatable bonds is 7. The minimum Gasteiger partial charge on any atom is -0.491 e. The molecular weight excluding hydrogens is 328 g/mol. The molecule has 1 N–H and O–H groups in total. The SMILES string of the molecule is CC(C)=CCN1C(=O)[C@H]2CC[C@@H]1CN(Cc1ccccc1OCCO)C2. The van der Waals surface area contributed by atoms with E-state index in [1.165, 1.54) is 5.57 Å². The fourth-order valence-electron chi connectivity index (χ4n) is 3.95. The Balaban J connectivity index is 1.72. The number of fused-ring (bicyclic) bond motifs is 4. The molecule has 1 aromatic carbocycles. The van der Waals surface area contributed by atoms with Crippen molar-refractivity contribution >= 4 is 5.91 Å². The summed E-state index contributed by atoms with van der Waals surface area (Å²) in [5, 5.41) is 9.02. The third-order valence-corrected chi connectivity index (χ3v) is 5.28. The van der Waals surface area contributed by atoms with Gasteiger partial charge in [-0.15, -0.1) is 0 Å². The van der Waals surface area contributed by atoms with Crippen LogP contribution in [0.3, 0.4) is 0 Å². The van der Waals surface area contributed by atoms with Crippen molar-refractivity contribution in [1.29, 1.82) is 0 Å². The molecule has 0 saturated carbocycles. The average molecular weight is 358 g/mol. The summed E-state index contributed by atoms with van der Waals surface area (Å²) < 4.78 is 5.67. The largest absolute Gasteiger partial charge is 0.491 e. The number of ether oxygens (including phenoxy) is 1. The highest BCUT2D eigenvalue weighted by atomic mass is 16.5. The number of hydrogen-bond acceptors (Lipinski definition) is 4. The summed E-state index contributed by atoms with van der Waals surface area (Å²) in [7, 11) is 0. The second-order valence-electron chi connectivity index (χ2n) is 7.57. The van der Waals surface area contributed by atoms with Crippen molar-refractivity contribution in [2.24, 2.45) is 5.92 Å². The van der Waals surface area contributed by atoms with Gasteiger partial charge in [0.05, 0.1) is 12.5 Å². The van der Waals surface area contributed by atoms with Crippen LogP contribution in [0.2, 0.25) is 0 Å². The topological polar surface area (TPSA) is 53.0 Å². The molecule has 5 heteroatoms. The van der Waals surface area contributed by atoms with Gasteiger partial charge in [0.15, 0.2) is 0 Å². The monoisotopic (exact) mass is 358 g/mol. The molecule has 3 saturated heterocycles. The minimum absolute atomic E-state index is 0.00994. The molecule has 0 spiro atoms. The molecular formula is C21H30N2O3. The first-order valence-corrected chi connectivity index (χ1v) is 9.56. The molecule has 0 aliphatic carbocycles. The maximum absolute atomic E-state index is 12.8. The number of benzene rings is 1. The highest BCUT2D eigenvalue weighted by Crippen LogP contribution is 2.31. The summed E-state index contributed by atoms with van der Waals surface area (Å²) in [6, 6.07) is 8.28. The lowest BCUT2D eigenvalue weighted by Gasteiger charge is -2.35. The number of carbonyl (C=O) groups excluding carboxylic acids is 1. The van der Waals surface area contributed by atoms with E-state index in [-0.39, 0.29) is 12.5 Å². The van der Waals surface area contributed by atoms with Gasteiger partial charge in [-0.3, -0.25) is 9.69 Å². The van der Waals surface area contributed by atoms with Gasteiger partial charge in [-0.1, -0.05) is 29.8 Å². The van der Waals surface area contributed by atoms with Crippen LogP contribution in [0.1, 0.15) is 32.3 Å². The van der Waals surface area contributed by atoms with Gasteiger partial charge in [0, 0.05) is 37.8 Å². The lowest BCUT2D eigenvalue weighted by molar-refractivity contribution is -0.139. The third kappa shape index (κ3) is 4.46. The first kappa shape index (κ1) is 18.9. The zero-order chi connectivity index (χ0) is 18.5. The lowest BCUT2D eigenvalue weighted by Crippen LogP contribution is -2.47. The number of piperidine rings is 1. The van der Waals surface area contributed by atoms with Crippen LogP contribution in [0.4, 0.5) is 0 Å². The van der Waals surface area contributed by atoms with Gasteiger partial charge in [-0.25, -0.2) is 0 Å². The molecule has 1 amide bonds. The molecule has 0 aromatic heterocycles. The second-order valence-corrected chi connectivity index (χ2v) is 7.57. The lowest BCUT2D eigenvalue weighted by atomic mass is 9.94. The number of hydrogen-bond donors (Lipinski definition) is 1. The summed E-state index contributed by atoms with van der Waals surface area (Å²) in [6.07, 6.45) is 4.24. The van der Waals surface area contributed by atoms with Gasteiger partial charge in [0.2, 0.25) is 5.91 Å². The summed E-state index contributed by atoms with van der Waals surface area (Å²) in [5.41, 5.74) is 2.37. The van der Waals surface area contributed by atoms with Gasteiger partial charge in [-0.2, -0.15) is 0 Å². The van der Waals surface area contributed by atoms with Crippen LogP contribution < -0.4 is 4.74 Å². The van der Waals surface area contributed by atoms with E-state index in [0.717, 1.165) is 50.3 Å². The maximum atomic E-state index is 12.8. The third-order valence-electron chi connectivity index (χ3n) is 5.28. The van der Waals surface area contributed by atoms with Crippen LogP contribution in [-0.2, 0) is 11.3 Å². The van der Waals surface area contributed by atoms with E-state index < -0.39 is 0 Å². The van der Waals surface area contributed by atoms with Crippen LogP contribution in [0.25, 0.3) is 0 Å². The summed E-state index contributed by atoms with van der Waals surface area (Å²) in [5.74, 6) is 1.24. The fourth-order valence-corrected chi connectivity index (χ4v) is 3.95. The van der Waals surface area contributed by atoms with Gasteiger partial charge >= 0.3 is 0 Å². The Morgan fingerprint density at radius 1 is 1.27 bits per heavy atom. The molecule has 26 heavy (non-hydrogen) atoms.